The highest BCUT2D eigenvalue weighted by Gasteiger charge is 2.68. The number of urea groups is 1. The van der Waals surface area contributed by atoms with Crippen LogP contribution < -0.4 is 9.47 Å². The van der Waals surface area contributed by atoms with E-state index in [1.54, 1.807) is 24.3 Å². The molecule has 1 aliphatic heterocycles. The summed E-state index contributed by atoms with van der Waals surface area (Å²) in [4.78, 5) is 27.6. The Morgan fingerprint density at radius 3 is 2.30 bits per heavy atom. The Bertz CT molecular complexity index is 1830. The molecular weight excluding hydrogens is 645 g/mol. The van der Waals surface area contributed by atoms with E-state index >= 15 is 4.39 Å². The maximum absolute atomic E-state index is 15.4. The maximum atomic E-state index is 15.4. The predicted octanol–water partition coefficient (Wildman–Crippen LogP) is 6.95. The molecule has 1 saturated carbocycles. The number of benzene rings is 3. The van der Waals surface area contributed by atoms with Crippen LogP contribution in [0.2, 0.25) is 0 Å². The van der Waals surface area contributed by atoms with Crippen molar-refractivity contribution in [3.63, 3.8) is 0 Å². The van der Waals surface area contributed by atoms with E-state index in [9.17, 15) is 35.9 Å². The zero-order chi connectivity index (χ0) is 33.0. The molecule has 1 unspecified atom stereocenters. The van der Waals surface area contributed by atoms with Gasteiger partial charge in [0, 0.05) is 11.6 Å². The average molecular weight is 667 g/mol. The van der Waals surface area contributed by atoms with Gasteiger partial charge in [-0.2, -0.15) is 13.2 Å². The third-order valence-corrected chi connectivity index (χ3v) is 8.64. The van der Waals surface area contributed by atoms with E-state index in [1.807, 2.05) is 0 Å². The Morgan fingerprint density at radius 2 is 1.67 bits per heavy atom. The Hall–Kier alpha value is -4.73. The van der Waals surface area contributed by atoms with Crippen LogP contribution in [-0.4, -0.2) is 50.8 Å². The molecule has 3 aromatic carbocycles. The Balaban J connectivity index is 1.24. The molecule has 0 radical (unpaired) electrons. The first-order valence-corrected chi connectivity index (χ1v) is 14.4. The lowest BCUT2D eigenvalue weighted by atomic mass is 10.0. The van der Waals surface area contributed by atoms with E-state index in [1.165, 1.54) is 7.11 Å². The molecule has 0 N–H and O–H groups in total. The van der Waals surface area contributed by atoms with Crippen molar-refractivity contribution in [1.29, 1.82) is 0 Å². The van der Waals surface area contributed by atoms with Gasteiger partial charge in [-0.05, 0) is 48.7 Å². The first-order chi connectivity index (χ1) is 21.8. The lowest BCUT2D eigenvalue weighted by Crippen LogP contribution is -2.43. The number of aromatic nitrogens is 2. The molecule has 4 aromatic rings. The number of hydrogen-bond donors (Lipinski definition) is 0. The molecule has 1 atom stereocenters. The van der Waals surface area contributed by atoms with Crippen molar-refractivity contribution in [1.82, 2.24) is 20.0 Å². The zero-order valence-corrected chi connectivity index (χ0v) is 24.4. The van der Waals surface area contributed by atoms with Gasteiger partial charge < -0.3 is 14.4 Å². The number of carbonyl (C=O) groups excluding carboxylic acids is 2. The molecule has 2 heterocycles. The van der Waals surface area contributed by atoms with Gasteiger partial charge in [-0.25, -0.2) is 27.3 Å². The van der Waals surface area contributed by atoms with E-state index in [-0.39, 0.29) is 46.0 Å². The van der Waals surface area contributed by atoms with E-state index in [4.69, 9.17) is 9.47 Å². The number of ether oxygens (including phenoxy) is 2. The highest BCUT2D eigenvalue weighted by atomic mass is 32.1. The summed E-state index contributed by atoms with van der Waals surface area (Å²) >= 11 is 0.766. The molecule has 1 aromatic heterocycles. The standard InChI is InChI=1S/C30H21F7N4O4S/c1-44-17-5-2-15(3-6-17)14-45-24-20(32)9-8-19(23(24)34)26-39-38-22(46-26)13-40-28(43)41(27(42)29(40)10-11-29)25(30(35,36)37)18-7-4-16(31)12-21(18)33/h2-9,12,25H,10-11,13-14H2,1H3. The summed E-state index contributed by atoms with van der Waals surface area (Å²) < 4.78 is 111. The van der Waals surface area contributed by atoms with Crippen molar-refractivity contribution in [2.45, 2.75) is 43.8 Å². The fourth-order valence-corrected chi connectivity index (χ4v) is 6.09. The zero-order valence-electron chi connectivity index (χ0n) is 23.6. The molecule has 1 aliphatic carbocycles. The fourth-order valence-electron chi connectivity index (χ4n) is 5.24. The van der Waals surface area contributed by atoms with E-state index in [0.717, 1.165) is 28.4 Å². The third kappa shape index (κ3) is 5.50. The van der Waals surface area contributed by atoms with Crippen LogP contribution in [0.3, 0.4) is 0 Å². The summed E-state index contributed by atoms with van der Waals surface area (Å²) in [6.07, 6.45) is -5.21. The van der Waals surface area contributed by atoms with Crippen molar-refractivity contribution in [2.75, 3.05) is 7.11 Å². The van der Waals surface area contributed by atoms with Gasteiger partial charge in [0.15, 0.2) is 28.4 Å². The van der Waals surface area contributed by atoms with Crippen molar-refractivity contribution in [2.24, 2.45) is 0 Å². The molecule has 240 valence electrons. The number of alkyl halides is 3. The Morgan fingerprint density at radius 1 is 0.957 bits per heavy atom. The van der Waals surface area contributed by atoms with E-state index in [2.05, 4.69) is 10.2 Å². The molecule has 46 heavy (non-hydrogen) atoms. The topological polar surface area (TPSA) is 84.9 Å². The molecule has 16 heteroatoms. The second-order valence-corrected chi connectivity index (χ2v) is 11.6. The molecular formula is C30H21F7N4O4S. The minimum absolute atomic E-state index is 0.0326. The van der Waals surface area contributed by atoms with Gasteiger partial charge in [0.05, 0.1) is 19.2 Å². The summed E-state index contributed by atoms with van der Waals surface area (Å²) in [6.45, 7) is -0.647. The molecule has 6 rings (SSSR count). The molecule has 2 aliphatic rings. The van der Waals surface area contributed by atoms with Crippen LogP contribution in [-0.2, 0) is 17.9 Å². The van der Waals surface area contributed by atoms with Gasteiger partial charge in [-0.3, -0.25) is 4.79 Å². The van der Waals surface area contributed by atoms with Crippen LogP contribution in [0.4, 0.5) is 35.5 Å². The lowest BCUT2D eigenvalue weighted by Gasteiger charge is -2.28. The maximum Gasteiger partial charge on any atom is 0.413 e. The average Bonchev–Trinajstić information content (AvgIpc) is 3.64. The van der Waals surface area contributed by atoms with Crippen LogP contribution in [0.25, 0.3) is 10.6 Å². The predicted molar refractivity (Wildman–Crippen MR) is 147 cm³/mol. The summed E-state index contributed by atoms with van der Waals surface area (Å²) in [5, 5.41) is 7.81. The van der Waals surface area contributed by atoms with Crippen molar-refractivity contribution < 1.29 is 49.8 Å². The number of nitrogens with zero attached hydrogens (tertiary/aromatic N) is 4. The van der Waals surface area contributed by atoms with Crippen LogP contribution in [0.1, 0.15) is 35.0 Å². The SMILES string of the molecule is COc1ccc(COc2c(F)ccc(-c3nnc(CN4C(=O)N(C(c5ccc(F)cc5F)C(F)(F)F)C(=O)C45CC5)s3)c2F)cc1. The highest BCUT2D eigenvalue weighted by Crippen LogP contribution is 2.53. The van der Waals surface area contributed by atoms with Crippen molar-refractivity contribution in [3.05, 3.63) is 94.0 Å². The first kappa shape index (κ1) is 31.3. The van der Waals surface area contributed by atoms with Crippen molar-refractivity contribution in [3.8, 4) is 22.1 Å². The number of rotatable bonds is 9. The number of carbonyl (C=O) groups is 2. The normalized spacial score (nSPS) is 16.3. The van der Waals surface area contributed by atoms with Crippen LogP contribution in [0.15, 0.2) is 54.6 Å². The van der Waals surface area contributed by atoms with Crippen LogP contribution >= 0.6 is 11.3 Å². The number of hydrogen-bond acceptors (Lipinski definition) is 7. The van der Waals surface area contributed by atoms with Gasteiger partial charge >= 0.3 is 12.2 Å². The monoisotopic (exact) mass is 666 g/mol. The van der Waals surface area contributed by atoms with E-state index in [0.29, 0.717) is 23.4 Å². The highest BCUT2D eigenvalue weighted by molar-refractivity contribution is 7.14. The summed E-state index contributed by atoms with van der Waals surface area (Å²) in [6, 6.07) is 5.69. The van der Waals surface area contributed by atoms with Gasteiger partial charge in [0.1, 0.15) is 34.5 Å². The van der Waals surface area contributed by atoms with Crippen LogP contribution in [0.5, 0.6) is 11.5 Å². The Kier molecular flexibility index (Phi) is 7.86. The van der Waals surface area contributed by atoms with Gasteiger partial charge in [-0.15, -0.1) is 10.2 Å². The van der Waals surface area contributed by atoms with Gasteiger partial charge in [-0.1, -0.05) is 29.5 Å². The smallest absolute Gasteiger partial charge is 0.413 e. The number of amides is 3. The molecule has 0 bridgehead atoms. The number of methoxy groups -OCH3 is 1. The summed E-state index contributed by atoms with van der Waals surface area (Å²) in [5.41, 5.74) is -2.30. The van der Waals surface area contributed by atoms with Gasteiger partial charge in [0.25, 0.3) is 5.91 Å². The second-order valence-electron chi connectivity index (χ2n) is 10.6. The fraction of sp³-hybridized carbons (Fsp3) is 0.267. The second kappa shape index (κ2) is 11.6. The Labute approximate surface area is 260 Å². The first-order valence-electron chi connectivity index (χ1n) is 13.6. The molecule has 1 saturated heterocycles. The quantitative estimate of drug-likeness (QED) is 0.142. The van der Waals surface area contributed by atoms with Crippen molar-refractivity contribution >= 4 is 23.3 Å². The van der Waals surface area contributed by atoms with Crippen LogP contribution in [0, 0.1) is 23.3 Å². The summed E-state index contributed by atoms with van der Waals surface area (Å²) in [5.74, 6) is -6.05. The molecule has 1 spiro atoms. The third-order valence-electron chi connectivity index (χ3n) is 7.70. The summed E-state index contributed by atoms with van der Waals surface area (Å²) in [7, 11) is 1.49. The minimum Gasteiger partial charge on any atom is -0.497 e. The number of imide groups is 1. The largest absolute Gasteiger partial charge is 0.497 e. The molecule has 3 amide bonds. The lowest BCUT2D eigenvalue weighted by molar-refractivity contribution is -0.183. The van der Waals surface area contributed by atoms with Gasteiger partial charge in [0.2, 0.25) is 0 Å². The van der Waals surface area contributed by atoms with E-state index < -0.39 is 70.8 Å². The molecule has 8 nitrogen and oxygen atoms in total. The minimum atomic E-state index is -5.29. The molecule has 2 fully saturated rings. The number of halogens is 7.